The van der Waals surface area contributed by atoms with Gasteiger partial charge in [0.15, 0.2) is 5.82 Å². The molecular formula is C14H6Cl3FN2. The highest BCUT2D eigenvalue weighted by Crippen LogP contribution is 2.31. The van der Waals surface area contributed by atoms with Gasteiger partial charge < -0.3 is 0 Å². The van der Waals surface area contributed by atoms with E-state index >= 15 is 0 Å². The molecule has 0 amide bonds. The molecule has 0 atom stereocenters. The van der Waals surface area contributed by atoms with Crippen molar-refractivity contribution in [1.29, 1.82) is 0 Å². The SMILES string of the molecule is Fc1cccc2c(Cl)nc(-c3ccc(Cl)cc3Cl)nc12. The second-order valence-corrected chi connectivity index (χ2v) is 5.30. The van der Waals surface area contributed by atoms with Gasteiger partial charge in [0.05, 0.1) is 5.02 Å². The minimum Gasteiger partial charge on any atom is -0.225 e. The maximum atomic E-state index is 13.8. The van der Waals surface area contributed by atoms with Gasteiger partial charge in [0, 0.05) is 16.0 Å². The summed E-state index contributed by atoms with van der Waals surface area (Å²) in [6, 6.07) is 9.44. The van der Waals surface area contributed by atoms with Crippen LogP contribution < -0.4 is 0 Å². The summed E-state index contributed by atoms with van der Waals surface area (Å²) in [6.45, 7) is 0. The number of hydrogen-bond donors (Lipinski definition) is 0. The number of hydrogen-bond acceptors (Lipinski definition) is 2. The van der Waals surface area contributed by atoms with Crippen LogP contribution in [0.1, 0.15) is 0 Å². The van der Waals surface area contributed by atoms with E-state index in [1.807, 2.05) is 0 Å². The molecule has 20 heavy (non-hydrogen) atoms. The molecule has 0 radical (unpaired) electrons. The third kappa shape index (κ3) is 2.33. The summed E-state index contributed by atoms with van der Waals surface area (Å²) in [4.78, 5) is 8.36. The first-order valence-electron chi connectivity index (χ1n) is 5.63. The number of para-hydroxylation sites is 1. The zero-order valence-corrected chi connectivity index (χ0v) is 12.1. The Balaban J connectivity index is 2.29. The van der Waals surface area contributed by atoms with Gasteiger partial charge in [0.2, 0.25) is 0 Å². The van der Waals surface area contributed by atoms with Crippen molar-refractivity contribution in [3.8, 4) is 11.4 Å². The van der Waals surface area contributed by atoms with Gasteiger partial charge in [-0.15, -0.1) is 0 Å². The number of nitrogens with zero attached hydrogens (tertiary/aromatic N) is 2. The van der Waals surface area contributed by atoms with E-state index in [4.69, 9.17) is 34.8 Å². The van der Waals surface area contributed by atoms with E-state index in [9.17, 15) is 4.39 Å². The average molecular weight is 328 g/mol. The van der Waals surface area contributed by atoms with Gasteiger partial charge in [-0.25, -0.2) is 14.4 Å². The summed E-state index contributed by atoms with van der Waals surface area (Å²) in [5.74, 6) is -0.201. The Kier molecular flexibility index (Phi) is 3.50. The molecule has 0 saturated carbocycles. The van der Waals surface area contributed by atoms with Crippen LogP contribution in [0, 0.1) is 5.82 Å². The molecule has 0 fully saturated rings. The van der Waals surface area contributed by atoms with Crippen LogP contribution in [0.2, 0.25) is 15.2 Å². The van der Waals surface area contributed by atoms with Crippen molar-refractivity contribution in [3.63, 3.8) is 0 Å². The van der Waals surface area contributed by atoms with Gasteiger partial charge in [-0.3, -0.25) is 0 Å². The van der Waals surface area contributed by atoms with Gasteiger partial charge in [-0.05, 0) is 30.3 Å². The Labute approximate surface area is 129 Å². The number of aromatic nitrogens is 2. The highest BCUT2D eigenvalue weighted by atomic mass is 35.5. The molecule has 0 unspecified atom stereocenters. The lowest BCUT2D eigenvalue weighted by atomic mass is 10.2. The van der Waals surface area contributed by atoms with Crippen molar-refractivity contribution in [2.75, 3.05) is 0 Å². The summed E-state index contributed by atoms with van der Waals surface area (Å²) in [5, 5.41) is 1.51. The van der Waals surface area contributed by atoms with Gasteiger partial charge in [0.1, 0.15) is 16.5 Å². The van der Waals surface area contributed by atoms with Crippen molar-refractivity contribution in [3.05, 3.63) is 57.4 Å². The van der Waals surface area contributed by atoms with Crippen LogP contribution in [0.15, 0.2) is 36.4 Å². The Morgan fingerprint density at radius 2 is 1.75 bits per heavy atom. The summed E-state index contributed by atoms with van der Waals surface area (Å²) in [7, 11) is 0. The van der Waals surface area contributed by atoms with Gasteiger partial charge in [-0.2, -0.15) is 0 Å². The summed E-state index contributed by atoms with van der Waals surface area (Å²) in [6.07, 6.45) is 0. The third-order valence-corrected chi connectivity index (χ3v) is 3.64. The van der Waals surface area contributed by atoms with E-state index in [0.29, 0.717) is 21.0 Å². The summed E-state index contributed by atoms with van der Waals surface area (Å²) in [5.41, 5.74) is 0.705. The fraction of sp³-hybridized carbons (Fsp3) is 0. The van der Waals surface area contributed by atoms with Crippen molar-refractivity contribution in [1.82, 2.24) is 9.97 Å². The van der Waals surface area contributed by atoms with E-state index in [2.05, 4.69) is 9.97 Å². The lowest BCUT2D eigenvalue weighted by molar-refractivity contribution is 0.636. The van der Waals surface area contributed by atoms with Crippen LogP contribution in [0.25, 0.3) is 22.3 Å². The van der Waals surface area contributed by atoms with Crippen LogP contribution in [0.3, 0.4) is 0 Å². The maximum Gasteiger partial charge on any atom is 0.163 e. The highest BCUT2D eigenvalue weighted by molar-refractivity contribution is 6.36. The van der Waals surface area contributed by atoms with E-state index in [1.165, 1.54) is 6.07 Å². The van der Waals surface area contributed by atoms with Crippen molar-refractivity contribution in [2.45, 2.75) is 0 Å². The Morgan fingerprint density at radius 1 is 0.950 bits per heavy atom. The van der Waals surface area contributed by atoms with Crippen LogP contribution in [-0.4, -0.2) is 9.97 Å². The second-order valence-electron chi connectivity index (χ2n) is 4.10. The minimum absolute atomic E-state index is 0.161. The normalized spacial score (nSPS) is 11.0. The molecule has 2 aromatic carbocycles. The number of rotatable bonds is 1. The lowest BCUT2D eigenvalue weighted by Gasteiger charge is -2.07. The van der Waals surface area contributed by atoms with Crippen LogP contribution in [0.4, 0.5) is 4.39 Å². The zero-order valence-electron chi connectivity index (χ0n) is 9.87. The fourth-order valence-electron chi connectivity index (χ4n) is 1.87. The quantitative estimate of drug-likeness (QED) is 0.560. The Hall–Kier alpha value is -1.42. The van der Waals surface area contributed by atoms with Crippen LogP contribution in [0.5, 0.6) is 0 Å². The van der Waals surface area contributed by atoms with E-state index < -0.39 is 5.82 Å². The van der Waals surface area contributed by atoms with E-state index in [0.717, 1.165) is 0 Å². The number of benzene rings is 2. The first-order chi connectivity index (χ1) is 9.56. The lowest BCUT2D eigenvalue weighted by Crippen LogP contribution is -1.94. The standard InChI is InChI=1S/C14H6Cl3FN2/c15-7-4-5-8(10(16)6-7)14-19-12-9(13(17)20-14)2-1-3-11(12)18/h1-6H. The second kappa shape index (κ2) is 5.17. The minimum atomic E-state index is -0.460. The first-order valence-corrected chi connectivity index (χ1v) is 6.77. The molecule has 3 rings (SSSR count). The van der Waals surface area contributed by atoms with Crippen molar-refractivity contribution in [2.24, 2.45) is 0 Å². The molecule has 2 nitrogen and oxygen atoms in total. The average Bonchev–Trinajstić information content (AvgIpc) is 2.40. The smallest absolute Gasteiger partial charge is 0.163 e. The summed E-state index contributed by atoms with van der Waals surface area (Å²) < 4.78 is 13.8. The molecule has 1 heterocycles. The van der Waals surface area contributed by atoms with Crippen LogP contribution >= 0.6 is 34.8 Å². The van der Waals surface area contributed by atoms with Gasteiger partial charge >= 0.3 is 0 Å². The summed E-state index contributed by atoms with van der Waals surface area (Å²) >= 11 is 18.0. The number of halogens is 4. The van der Waals surface area contributed by atoms with E-state index in [-0.39, 0.29) is 16.5 Å². The zero-order chi connectivity index (χ0) is 14.3. The molecule has 0 bridgehead atoms. The molecule has 0 aliphatic heterocycles. The van der Waals surface area contributed by atoms with Crippen LogP contribution in [-0.2, 0) is 0 Å². The molecule has 0 aliphatic rings. The Bertz CT molecular complexity index is 821. The number of fused-ring (bicyclic) bond motifs is 1. The molecule has 0 saturated heterocycles. The topological polar surface area (TPSA) is 25.8 Å². The van der Waals surface area contributed by atoms with Gasteiger partial charge in [0.25, 0.3) is 0 Å². The first kappa shape index (κ1) is 13.6. The predicted molar refractivity (Wildman–Crippen MR) is 80.0 cm³/mol. The molecular weight excluding hydrogens is 322 g/mol. The highest BCUT2D eigenvalue weighted by Gasteiger charge is 2.13. The molecule has 0 aliphatic carbocycles. The Morgan fingerprint density at radius 3 is 2.50 bits per heavy atom. The predicted octanol–water partition coefficient (Wildman–Crippen LogP) is 5.40. The van der Waals surface area contributed by atoms with Gasteiger partial charge in [-0.1, -0.05) is 40.9 Å². The molecule has 6 heteroatoms. The van der Waals surface area contributed by atoms with Crippen molar-refractivity contribution >= 4 is 45.7 Å². The van der Waals surface area contributed by atoms with Crippen molar-refractivity contribution < 1.29 is 4.39 Å². The fourth-order valence-corrected chi connectivity index (χ4v) is 2.60. The largest absolute Gasteiger partial charge is 0.225 e. The van der Waals surface area contributed by atoms with E-state index in [1.54, 1.807) is 30.3 Å². The maximum absolute atomic E-state index is 13.8. The molecule has 3 aromatic rings. The molecule has 0 N–H and O–H groups in total. The monoisotopic (exact) mass is 326 g/mol. The molecule has 0 spiro atoms. The third-order valence-electron chi connectivity index (χ3n) is 2.80. The molecule has 100 valence electrons. The molecule has 1 aromatic heterocycles.